The predicted octanol–water partition coefficient (Wildman–Crippen LogP) is 2.12. The lowest BCUT2D eigenvalue weighted by Crippen LogP contribution is -2.48. The summed E-state index contributed by atoms with van der Waals surface area (Å²) in [5.41, 5.74) is 0. The van der Waals surface area contributed by atoms with E-state index in [1.165, 1.54) is 0 Å². The number of aliphatic carboxylic acids is 1. The molecular formula is C13H24N2O3. The third-order valence-corrected chi connectivity index (χ3v) is 3.61. The molecule has 18 heavy (non-hydrogen) atoms. The first kappa shape index (κ1) is 14.8. The summed E-state index contributed by atoms with van der Waals surface area (Å²) in [7, 11) is 0. The first-order valence-corrected chi connectivity index (χ1v) is 6.88. The van der Waals surface area contributed by atoms with Crippen LogP contribution in [0.1, 0.15) is 52.4 Å². The van der Waals surface area contributed by atoms with E-state index in [1.807, 2.05) is 6.92 Å². The fourth-order valence-electron chi connectivity index (χ4n) is 2.55. The molecule has 3 N–H and O–H groups in total. The molecule has 1 aliphatic rings. The summed E-state index contributed by atoms with van der Waals surface area (Å²) in [5.74, 6) is -1.24. The van der Waals surface area contributed by atoms with Gasteiger partial charge in [-0.2, -0.15) is 0 Å². The van der Waals surface area contributed by atoms with E-state index in [0.717, 1.165) is 32.1 Å². The van der Waals surface area contributed by atoms with Crippen molar-refractivity contribution in [2.24, 2.45) is 5.92 Å². The van der Waals surface area contributed by atoms with Gasteiger partial charge in [-0.3, -0.25) is 4.79 Å². The Kier molecular flexibility index (Phi) is 5.95. The molecule has 5 heteroatoms. The quantitative estimate of drug-likeness (QED) is 0.681. The van der Waals surface area contributed by atoms with Crippen LogP contribution in [0.5, 0.6) is 0 Å². The Bertz CT molecular complexity index is 294. The number of amides is 2. The summed E-state index contributed by atoms with van der Waals surface area (Å²) in [6, 6.07) is -0.269. The van der Waals surface area contributed by atoms with Crippen molar-refractivity contribution in [1.82, 2.24) is 10.6 Å². The maximum atomic E-state index is 11.8. The molecular weight excluding hydrogens is 232 g/mol. The molecule has 0 radical (unpaired) electrons. The molecule has 0 heterocycles. The molecule has 3 unspecified atom stereocenters. The Morgan fingerprint density at radius 1 is 1.33 bits per heavy atom. The lowest BCUT2D eigenvalue weighted by Gasteiger charge is -2.21. The summed E-state index contributed by atoms with van der Waals surface area (Å²) in [6.07, 6.45) is 5.17. The van der Waals surface area contributed by atoms with Crippen molar-refractivity contribution in [3.05, 3.63) is 0 Å². The molecule has 0 aromatic heterocycles. The van der Waals surface area contributed by atoms with Crippen LogP contribution in [0.4, 0.5) is 4.79 Å². The highest BCUT2D eigenvalue weighted by Gasteiger charge is 2.33. The van der Waals surface area contributed by atoms with Crippen molar-refractivity contribution in [2.45, 2.75) is 64.5 Å². The van der Waals surface area contributed by atoms with Crippen molar-refractivity contribution in [1.29, 1.82) is 0 Å². The normalized spacial score (nSPS) is 24.6. The SMILES string of the molecule is CCCC(CC)NC(=O)NC1CCCC1C(=O)O. The Hall–Kier alpha value is -1.26. The zero-order chi connectivity index (χ0) is 13.5. The van der Waals surface area contributed by atoms with Gasteiger partial charge in [-0.25, -0.2) is 4.79 Å². The first-order valence-electron chi connectivity index (χ1n) is 6.88. The second-order valence-corrected chi connectivity index (χ2v) is 4.99. The number of urea groups is 1. The molecule has 2 amide bonds. The number of nitrogens with one attached hydrogen (secondary N) is 2. The molecule has 1 saturated carbocycles. The molecule has 104 valence electrons. The van der Waals surface area contributed by atoms with Gasteiger partial charge in [0.15, 0.2) is 0 Å². The molecule has 0 aromatic rings. The minimum atomic E-state index is -0.807. The molecule has 5 nitrogen and oxygen atoms in total. The number of carbonyl (C=O) groups is 2. The topological polar surface area (TPSA) is 78.4 Å². The second-order valence-electron chi connectivity index (χ2n) is 4.99. The van der Waals surface area contributed by atoms with E-state index in [2.05, 4.69) is 17.6 Å². The van der Waals surface area contributed by atoms with Crippen LogP contribution >= 0.6 is 0 Å². The maximum Gasteiger partial charge on any atom is 0.315 e. The van der Waals surface area contributed by atoms with E-state index >= 15 is 0 Å². The van der Waals surface area contributed by atoms with Gasteiger partial charge >= 0.3 is 12.0 Å². The van der Waals surface area contributed by atoms with Gasteiger partial charge in [0.05, 0.1) is 5.92 Å². The van der Waals surface area contributed by atoms with Crippen LogP contribution < -0.4 is 10.6 Å². The minimum Gasteiger partial charge on any atom is -0.481 e. The summed E-state index contributed by atoms with van der Waals surface area (Å²) in [6.45, 7) is 4.12. The standard InChI is InChI=1S/C13H24N2O3/c1-3-6-9(4-2)14-13(18)15-11-8-5-7-10(11)12(16)17/h9-11H,3-8H2,1-2H3,(H,16,17)(H2,14,15,18). The van der Waals surface area contributed by atoms with Crippen molar-refractivity contribution in [3.8, 4) is 0 Å². The zero-order valence-electron chi connectivity index (χ0n) is 11.2. The van der Waals surface area contributed by atoms with Gasteiger partial charge in [0.25, 0.3) is 0 Å². The highest BCUT2D eigenvalue weighted by atomic mass is 16.4. The van der Waals surface area contributed by atoms with Crippen LogP contribution in [-0.2, 0) is 4.79 Å². The van der Waals surface area contributed by atoms with Gasteiger partial charge in [0.2, 0.25) is 0 Å². The first-order chi connectivity index (χ1) is 8.58. The van der Waals surface area contributed by atoms with Crippen LogP contribution in [-0.4, -0.2) is 29.2 Å². The van der Waals surface area contributed by atoms with Gasteiger partial charge in [-0.1, -0.05) is 26.7 Å². The predicted molar refractivity (Wildman–Crippen MR) is 69.4 cm³/mol. The van der Waals surface area contributed by atoms with Gasteiger partial charge in [-0.05, 0) is 25.7 Å². The van der Waals surface area contributed by atoms with E-state index < -0.39 is 11.9 Å². The number of carbonyl (C=O) groups excluding carboxylic acids is 1. The second kappa shape index (κ2) is 7.24. The average molecular weight is 256 g/mol. The maximum absolute atomic E-state index is 11.8. The highest BCUT2D eigenvalue weighted by Crippen LogP contribution is 2.25. The van der Waals surface area contributed by atoms with Crippen molar-refractivity contribution in [3.63, 3.8) is 0 Å². The lowest BCUT2D eigenvalue weighted by molar-refractivity contribution is -0.142. The molecule has 0 spiro atoms. The van der Waals surface area contributed by atoms with Crippen molar-refractivity contribution < 1.29 is 14.7 Å². The van der Waals surface area contributed by atoms with E-state index in [-0.39, 0.29) is 18.1 Å². The molecule has 0 bridgehead atoms. The zero-order valence-corrected chi connectivity index (χ0v) is 11.2. The minimum absolute atomic E-state index is 0.180. The van der Waals surface area contributed by atoms with Crippen molar-refractivity contribution >= 4 is 12.0 Å². The molecule has 1 fully saturated rings. The molecule has 1 aliphatic carbocycles. The van der Waals surface area contributed by atoms with E-state index in [9.17, 15) is 9.59 Å². The lowest BCUT2D eigenvalue weighted by atomic mass is 10.0. The van der Waals surface area contributed by atoms with E-state index in [0.29, 0.717) is 6.42 Å². The molecule has 1 rings (SSSR count). The van der Waals surface area contributed by atoms with Gasteiger partial charge in [-0.15, -0.1) is 0 Å². The number of hydrogen-bond acceptors (Lipinski definition) is 2. The van der Waals surface area contributed by atoms with E-state index in [4.69, 9.17) is 5.11 Å². The van der Waals surface area contributed by atoms with Crippen LogP contribution in [0.15, 0.2) is 0 Å². The molecule has 3 atom stereocenters. The molecule has 0 saturated heterocycles. The fourth-order valence-corrected chi connectivity index (χ4v) is 2.55. The monoisotopic (exact) mass is 256 g/mol. The molecule has 0 aliphatic heterocycles. The van der Waals surface area contributed by atoms with Crippen LogP contribution in [0.3, 0.4) is 0 Å². The van der Waals surface area contributed by atoms with Crippen LogP contribution in [0.25, 0.3) is 0 Å². The summed E-state index contributed by atoms with van der Waals surface area (Å²) >= 11 is 0. The molecule has 0 aromatic carbocycles. The number of rotatable bonds is 6. The third kappa shape index (κ3) is 4.20. The smallest absolute Gasteiger partial charge is 0.315 e. The van der Waals surface area contributed by atoms with Crippen LogP contribution in [0.2, 0.25) is 0 Å². The Morgan fingerprint density at radius 2 is 2.06 bits per heavy atom. The van der Waals surface area contributed by atoms with Gasteiger partial charge in [0, 0.05) is 12.1 Å². The van der Waals surface area contributed by atoms with Gasteiger partial charge in [0.1, 0.15) is 0 Å². The third-order valence-electron chi connectivity index (χ3n) is 3.61. The number of carboxylic acid groups (broad SMARTS) is 1. The largest absolute Gasteiger partial charge is 0.481 e. The van der Waals surface area contributed by atoms with Crippen LogP contribution in [0, 0.1) is 5.92 Å². The Balaban J connectivity index is 2.41. The summed E-state index contributed by atoms with van der Waals surface area (Å²) < 4.78 is 0. The van der Waals surface area contributed by atoms with Gasteiger partial charge < -0.3 is 15.7 Å². The van der Waals surface area contributed by atoms with Crippen molar-refractivity contribution in [2.75, 3.05) is 0 Å². The number of hydrogen-bond donors (Lipinski definition) is 3. The number of carboxylic acids is 1. The average Bonchev–Trinajstić information content (AvgIpc) is 2.76. The highest BCUT2D eigenvalue weighted by molar-refractivity contribution is 5.77. The fraction of sp³-hybridized carbons (Fsp3) is 0.846. The van der Waals surface area contributed by atoms with E-state index in [1.54, 1.807) is 0 Å². The Labute approximate surface area is 108 Å². The Morgan fingerprint density at radius 3 is 2.61 bits per heavy atom. The summed E-state index contributed by atoms with van der Waals surface area (Å²) in [5, 5.41) is 14.8. The summed E-state index contributed by atoms with van der Waals surface area (Å²) in [4.78, 5) is 22.8.